The van der Waals surface area contributed by atoms with Crippen LogP contribution < -0.4 is 4.72 Å². The Labute approximate surface area is 122 Å². The summed E-state index contributed by atoms with van der Waals surface area (Å²) in [5, 5.41) is 0.183. The SMILES string of the molecule is O=C1OCCN1CCCNS(=O)(=O)c1ccccc1Cl. The van der Waals surface area contributed by atoms with Crippen LogP contribution in [0.25, 0.3) is 0 Å². The van der Waals surface area contributed by atoms with Crippen molar-refractivity contribution in [2.75, 3.05) is 26.2 Å². The molecule has 0 bridgehead atoms. The molecular weight excluding hydrogens is 304 g/mol. The third-order valence-corrected chi connectivity index (χ3v) is 4.83. The lowest BCUT2D eigenvalue weighted by Gasteiger charge is -2.12. The molecule has 0 saturated carbocycles. The second-order valence-corrected chi connectivity index (χ2v) is 6.43. The smallest absolute Gasteiger partial charge is 0.409 e. The van der Waals surface area contributed by atoms with E-state index in [-0.39, 0.29) is 22.6 Å². The van der Waals surface area contributed by atoms with Gasteiger partial charge in [-0.2, -0.15) is 0 Å². The van der Waals surface area contributed by atoms with Gasteiger partial charge in [0.1, 0.15) is 11.5 Å². The van der Waals surface area contributed by atoms with E-state index in [1.165, 1.54) is 12.1 Å². The van der Waals surface area contributed by atoms with Gasteiger partial charge in [-0.15, -0.1) is 0 Å². The van der Waals surface area contributed by atoms with Crippen molar-refractivity contribution in [3.63, 3.8) is 0 Å². The van der Waals surface area contributed by atoms with E-state index in [9.17, 15) is 13.2 Å². The Kier molecular flexibility index (Phi) is 4.85. The molecule has 2 rings (SSSR count). The number of ether oxygens (including phenoxy) is 1. The Morgan fingerprint density at radius 2 is 2.10 bits per heavy atom. The standard InChI is InChI=1S/C12H15ClN2O4S/c13-10-4-1-2-5-11(10)20(17,18)14-6-3-7-15-8-9-19-12(15)16/h1-2,4-5,14H,3,6-9H2. The van der Waals surface area contributed by atoms with Crippen molar-refractivity contribution >= 4 is 27.7 Å². The molecule has 1 saturated heterocycles. The molecule has 1 aromatic rings. The van der Waals surface area contributed by atoms with Gasteiger partial charge in [-0.25, -0.2) is 17.9 Å². The van der Waals surface area contributed by atoms with Gasteiger partial charge in [0.2, 0.25) is 10.0 Å². The van der Waals surface area contributed by atoms with Gasteiger partial charge in [0.15, 0.2) is 0 Å². The third-order valence-electron chi connectivity index (χ3n) is 2.87. The van der Waals surface area contributed by atoms with Crippen molar-refractivity contribution in [2.45, 2.75) is 11.3 Å². The highest BCUT2D eigenvalue weighted by Gasteiger charge is 2.21. The number of hydrogen-bond acceptors (Lipinski definition) is 4. The molecule has 1 aliphatic heterocycles. The molecule has 20 heavy (non-hydrogen) atoms. The van der Waals surface area contributed by atoms with Crippen molar-refractivity contribution in [1.29, 1.82) is 0 Å². The Bertz CT molecular complexity index is 591. The predicted octanol–water partition coefficient (Wildman–Crippen LogP) is 1.46. The molecule has 1 amide bonds. The summed E-state index contributed by atoms with van der Waals surface area (Å²) in [4.78, 5) is 12.8. The van der Waals surface area contributed by atoms with E-state index in [4.69, 9.17) is 16.3 Å². The molecule has 110 valence electrons. The summed E-state index contributed by atoms with van der Waals surface area (Å²) in [7, 11) is -3.62. The quantitative estimate of drug-likeness (QED) is 0.806. The van der Waals surface area contributed by atoms with Crippen molar-refractivity contribution in [3.8, 4) is 0 Å². The number of hydrogen-bond donors (Lipinski definition) is 1. The number of halogens is 1. The van der Waals surface area contributed by atoms with Gasteiger partial charge in [-0.05, 0) is 18.6 Å². The first-order valence-corrected chi connectivity index (χ1v) is 8.03. The number of amides is 1. The first kappa shape index (κ1) is 15.1. The summed E-state index contributed by atoms with van der Waals surface area (Å²) in [5.41, 5.74) is 0. The summed E-state index contributed by atoms with van der Waals surface area (Å²) in [6, 6.07) is 6.25. The molecule has 1 aromatic carbocycles. The monoisotopic (exact) mass is 318 g/mol. The van der Waals surface area contributed by atoms with Crippen LogP contribution in [0.1, 0.15) is 6.42 Å². The highest BCUT2D eigenvalue weighted by Crippen LogP contribution is 2.19. The minimum Gasteiger partial charge on any atom is -0.448 e. The highest BCUT2D eigenvalue weighted by atomic mass is 35.5. The molecule has 0 aromatic heterocycles. The number of nitrogens with one attached hydrogen (secondary N) is 1. The summed E-state index contributed by atoms with van der Waals surface area (Å²) >= 11 is 5.86. The van der Waals surface area contributed by atoms with E-state index >= 15 is 0 Å². The Balaban J connectivity index is 1.84. The zero-order valence-electron chi connectivity index (χ0n) is 10.7. The van der Waals surface area contributed by atoms with Crippen molar-refractivity contribution in [3.05, 3.63) is 29.3 Å². The first-order valence-electron chi connectivity index (χ1n) is 6.16. The Morgan fingerprint density at radius 1 is 1.35 bits per heavy atom. The normalized spacial score (nSPS) is 15.4. The van der Waals surface area contributed by atoms with E-state index in [1.807, 2.05) is 0 Å². The molecule has 0 radical (unpaired) electrons. The molecule has 1 heterocycles. The second kappa shape index (κ2) is 6.43. The summed E-state index contributed by atoms with van der Waals surface area (Å²) in [6.07, 6.45) is 0.164. The number of rotatable bonds is 6. The third kappa shape index (κ3) is 3.62. The summed E-state index contributed by atoms with van der Waals surface area (Å²) < 4.78 is 31.3. The lowest BCUT2D eigenvalue weighted by atomic mass is 10.4. The molecule has 0 unspecified atom stereocenters. The Morgan fingerprint density at radius 3 is 2.75 bits per heavy atom. The van der Waals surface area contributed by atoms with Gasteiger partial charge >= 0.3 is 6.09 Å². The van der Waals surface area contributed by atoms with Crippen molar-refractivity contribution < 1.29 is 17.9 Å². The fraction of sp³-hybridized carbons (Fsp3) is 0.417. The average molecular weight is 319 g/mol. The largest absolute Gasteiger partial charge is 0.448 e. The zero-order valence-corrected chi connectivity index (χ0v) is 12.3. The maximum absolute atomic E-state index is 12.0. The molecule has 0 atom stereocenters. The topological polar surface area (TPSA) is 75.7 Å². The number of cyclic esters (lactones) is 1. The van der Waals surface area contributed by atoms with E-state index in [0.717, 1.165) is 0 Å². The van der Waals surface area contributed by atoms with E-state index in [0.29, 0.717) is 26.1 Å². The maximum Gasteiger partial charge on any atom is 0.409 e. The highest BCUT2D eigenvalue weighted by molar-refractivity contribution is 7.89. The molecular formula is C12H15ClN2O4S. The van der Waals surface area contributed by atoms with Crippen LogP contribution in [0.5, 0.6) is 0 Å². The van der Waals surface area contributed by atoms with Crippen LogP contribution in [-0.2, 0) is 14.8 Å². The van der Waals surface area contributed by atoms with Crippen LogP contribution in [0, 0.1) is 0 Å². The predicted molar refractivity (Wildman–Crippen MR) is 74.2 cm³/mol. The molecule has 0 spiro atoms. The van der Waals surface area contributed by atoms with Crippen LogP contribution in [0.4, 0.5) is 4.79 Å². The molecule has 6 nitrogen and oxygen atoms in total. The second-order valence-electron chi connectivity index (χ2n) is 4.28. The summed E-state index contributed by atoms with van der Waals surface area (Å²) in [6.45, 7) is 1.64. The minimum absolute atomic E-state index is 0.0576. The minimum atomic E-state index is -3.62. The fourth-order valence-corrected chi connectivity index (χ4v) is 3.44. The van der Waals surface area contributed by atoms with Gasteiger partial charge in [0.05, 0.1) is 11.6 Å². The molecule has 0 aliphatic carbocycles. The van der Waals surface area contributed by atoms with Crippen LogP contribution in [-0.4, -0.2) is 45.7 Å². The zero-order chi connectivity index (χ0) is 14.6. The van der Waals surface area contributed by atoms with E-state index in [1.54, 1.807) is 17.0 Å². The van der Waals surface area contributed by atoms with Crippen molar-refractivity contribution in [1.82, 2.24) is 9.62 Å². The Hall–Kier alpha value is -1.31. The first-order chi connectivity index (χ1) is 9.50. The number of carbonyl (C=O) groups excluding carboxylic acids is 1. The average Bonchev–Trinajstić information content (AvgIpc) is 2.81. The van der Waals surface area contributed by atoms with Crippen LogP contribution >= 0.6 is 11.6 Å². The number of sulfonamides is 1. The van der Waals surface area contributed by atoms with Gasteiger partial charge < -0.3 is 9.64 Å². The lowest BCUT2D eigenvalue weighted by Crippen LogP contribution is -2.30. The molecule has 1 N–H and O–H groups in total. The van der Waals surface area contributed by atoms with Crippen LogP contribution in [0.15, 0.2) is 29.2 Å². The van der Waals surface area contributed by atoms with Crippen molar-refractivity contribution in [2.24, 2.45) is 0 Å². The number of benzene rings is 1. The van der Waals surface area contributed by atoms with Gasteiger partial charge in [0, 0.05) is 13.1 Å². The molecule has 1 aliphatic rings. The fourth-order valence-electron chi connectivity index (χ4n) is 1.85. The van der Waals surface area contributed by atoms with Gasteiger partial charge in [0.25, 0.3) is 0 Å². The van der Waals surface area contributed by atoms with E-state index in [2.05, 4.69) is 4.72 Å². The van der Waals surface area contributed by atoms with E-state index < -0.39 is 10.0 Å². The molecule has 8 heteroatoms. The molecule has 1 fully saturated rings. The maximum atomic E-state index is 12.0. The van der Waals surface area contributed by atoms with Crippen LogP contribution in [0.2, 0.25) is 5.02 Å². The van der Waals surface area contributed by atoms with Gasteiger partial charge in [-0.1, -0.05) is 23.7 Å². The summed E-state index contributed by atoms with van der Waals surface area (Å²) in [5.74, 6) is 0. The lowest BCUT2D eigenvalue weighted by molar-refractivity contribution is 0.158. The van der Waals surface area contributed by atoms with Crippen LogP contribution in [0.3, 0.4) is 0 Å². The van der Waals surface area contributed by atoms with Gasteiger partial charge in [-0.3, -0.25) is 0 Å². The number of carbonyl (C=O) groups is 1. The number of nitrogens with zero attached hydrogens (tertiary/aromatic N) is 1.